The van der Waals surface area contributed by atoms with E-state index >= 15 is 0 Å². The molecule has 20 heavy (non-hydrogen) atoms. The van der Waals surface area contributed by atoms with Crippen LogP contribution in [0.5, 0.6) is 0 Å². The molecule has 2 aromatic rings. The van der Waals surface area contributed by atoms with Gasteiger partial charge in [0.15, 0.2) is 0 Å². The zero-order valence-electron chi connectivity index (χ0n) is 11.2. The molecule has 1 atom stereocenters. The summed E-state index contributed by atoms with van der Waals surface area (Å²) in [5.41, 5.74) is 4.25. The van der Waals surface area contributed by atoms with Crippen molar-refractivity contribution in [2.45, 2.75) is 25.3 Å². The van der Waals surface area contributed by atoms with Gasteiger partial charge in [0.25, 0.3) is 0 Å². The van der Waals surface area contributed by atoms with E-state index in [9.17, 15) is 8.78 Å². The predicted octanol–water partition coefficient (Wildman–Crippen LogP) is 3.49. The molecule has 0 aromatic heterocycles. The zero-order valence-corrected chi connectivity index (χ0v) is 11.2. The van der Waals surface area contributed by atoms with Gasteiger partial charge in [-0.1, -0.05) is 36.4 Å². The van der Waals surface area contributed by atoms with E-state index in [1.165, 1.54) is 17.7 Å². The maximum absolute atomic E-state index is 13.7. The average Bonchev–Trinajstić information content (AvgIpc) is 2.46. The molecule has 0 heterocycles. The van der Waals surface area contributed by atoms with Crippen molar-refractivity contribution >= 4 is 0 Å². The normalized spacial score (nSPS) is 12.3. The number of hydrogen-bond donors (Lipinski definition) is 2. The third kappa shape index (κ3) is 3.85. The van der Waals surface area contributed by atoms with Crippen LogP contribution in [0.3, 0.4) is 0 Å². The molecule has 0 saturated heterocycles. The first-order valence-corrected chi connectivity index (χ1v) is 6.65. The molecule has 0 radical (unpaired) electrons. The lowest BCUT2D eigenvalue weighted by atomic mass is 9.99. The van der Waals surface area contributed by atoms with Crippen LogP contribution in [0.2, 0.25) is 0 Å². The maximum Gasteiger partial charge on any atom is 0.130 e. The second kappa shape index (κ2) is 7.12. The lowest BCUT2D eigenvalue weighted by molar-refractivity contribution is 0.468. The highest BCUT2D eigenvalue weighted by atomic mass is 19.1. The van der Waals surface area contributed by atoms with E-state index in [0.717, 1.165) is 18.9 Å². The molecule has 3 N–H and O–H groups in total. The Hall–Kier alpha value is -1.78. The number of nitrogens with one attached hydrogen (secondary N) is 1. The molecule has 1 unspecified atom stereocenters. The molecule has 4 heteroatoms. The van der Waals surface area contributed by atoms with Crippen LogP contribution in [-0.2, 0) is 6.42 Å². The highest BCUT2D eigenvalue weighted by Crippen LogP contribution is 2.22. The third-order valence-electron chi connectivity index (χ3n) is 3.34. The van der Waals surface area contributed by atoms with Gasteiger partial charge in [-0.05, 0) is 30.9 Å². The lowest BCUT2D eigenvalue weighted by Gasteiger charge is -2.17. The molecule has 0 aliphatic carbocycles. The standard InChI is InChI=1S/C16H18F2N2/c17-13-9-10-14(15(18)11-13)16(20-19)8-4-7-12-5-2-1-3-6-12/h1-3,5-6,9-11,16,20H,4,7-8,19H2. The molecule has 0 aliphatic rings. The predicted molar refractivity (Wildman–Crippen MR) is 75.8 cm³/mol. The first kappa shape index (κ1) is 14.6. The fourth-order valence-electron chi connectivity index (χ4n) is 2.27. The number of aryl methyl sites for hydroxylation is 1. The van der Waals surface area contributed by atoms with Crippen LogP contribution in [0.25, 0.3) is 0 Å². The number of hydrazine groups is 1. The van der Waals surface area contributed by atoms with Crippen LogP contribution in [0.1, 0.15) is 30.0 Å². The Morgan fingerprint density at radius 1 is 1.05 bits per heavy atom. The van der Waals surface area contributed by atoms with Gasteiger partial charge < -0.3 is 0 Å². The molecule has 0 fully saturated rings. The Bertz CT molecular complexity index is 543. The summed E-state index contributed by atoms with van der Waals surface area (Å²) in [6.45, 7) is 0. The van der Waals surface area contributed by atoms with Gasteiger partial charge in [0, 0.05) is 17.7 Å². The van der Waals surface area contributed by atoms with Gasteiger partial charge in [0.2, 0.25) is 0 Å². The second-order valence-electron chi connectivity index (χ2n) is 4.76. The molecule has 2 rings (SSSR count). The minimum Gasteiger partial charge on any atom is -0.271 e. The van der Waals surface area contributed by atoms with Crippen molar-refractivity contribution in [3.05, 3.63) is 71.3 Å². The molecule has 0 spiro atoms. The van der Waals surface area contributed by atoms with Crippen LogP contribution < -0.4 is 11.3 Å². The Labute approximate surface area is 117 Å². The Morgan fingerprint density at radius 3 is 2.45 bits per heavy atom. The summed E-state index contributed by atoms with van der Waals surface area (Å²) in [6.07, 6.45) is 2.46. The van der Waals surface area contributed by atoms with Crippen molar-refractivity contribution in [1.29, 1.82) is 0 Å². The maximum atomic E-state index is 13.7. The van der Waals surface area contributed by atoms with Gasteiger partial charge in [-0.25, -0.2) is 8.78 Å². The SMILES string of the molecule is NNC(CCCc1ccccc1)c1ccc(F)cc1F. The van der Waals surface area contributed by atoms with Crippen molar-refractivity contribution in [3.8, 4) is 0 Å². The van der Waals surface area contributed by atoms with E-state index < -0.39 is 11.6 Å². The number of benzene rings is 2. The molecule has 2 nitrogen and oxygen atoms in total. The Morgan fingerprint density at radius 2 is 1.80 bits per heavy atom. The van der Waals surface area contributed by atoms with Crippen LogP contribution in [0.15, 0.2) is 48.5 Å². The smallest absolute Gasteiger partial charge is 0.130 e. The van der Waals surface area contributed by atoms with E-state index in [0.29, 0.717) is 12.0 Å². The zero-order chi connectivity index (χ0) is 14.4. The van der Waals surface area contributed by atoms with Gasteiger partial charge in [-0.15, -0.1) is 0 Å². The van der Waals surface area contributed by atoms with Crippen LogP contribution in [0.4, 0.5) is 8.78 Å². The summed E-state index contributed by atoms with van der Waals surface area (Å²) in [5, 5.41) is 0. The van der Waals surface area contributed by atoms with Crippen molar-refractivity contribution in [2.24, 2.45) is 5.84 Å². The van der Waals surface area contributed by atoms with Crippen molar-refractivity contribution in [3.63, 3.8) is 0 Å². The summed E-state index contributed by atoms with van der Waals surface area (Å²) in [7, 11) is 0. The van der Waals surface area contributed by atoms with E-state index in [-0.39, 0.29) is 6.04 Å². The molecular weight excluding hydrogens is 258 g/mol. The molecule has 0 bridgehead atoms. The fraction of sp³-hybridized carbons (Fsp3) is 0.250. The summed E-state index contributed by atoms with van der Waals surface area (Å²) in [5.74, 6) is 4.34. The van der Waals surface area contributed by atoms with Crippen LogP contribution in [0, 0.1) is 11.6 Å². The van der Waals surface area contributed by atoms with Crippen molar-refractivity contribution in [2.75, 3.05) is 0 Å². The Balaban J connectivity index is 1.95. The first-order chi connectivity index (χ1) is 9.70. The summed E-state index contributed by atoms with van der Waals surface area (Å²) >= 11 is 0. The molecular formula is C16H18F2N2. The first-order valence-electron chi connectivity index (χ1n) is 6.65. The third-order valence-corrected chi connectivity index (χ3v) is 3.34. The van der Waals surface area contributed by atoms with E-state index in [4.69, 9.17) is 5.84 Å². The van der Waals surface area contributed by atoms with Gasteiger partial charge in [0.05, 0.1) is 0 Å². The summed E-state index contributed by atoms with van der Waals surface area (Å²) in [6, 6.07) is 13.4. The average molecular weight is 276 g/mol. The van der Waals surface area contributed by atoms with Crippen molar-refractivity contribution < 1.29 is 8.78 Å². The number of rotatable bonds is 6. The minimum absolute atomic E-state index is 0.306. The van der Waals surface area contributed by atoms with E-state index in [1.807, 2.05) is 18.2 Å². The topological polar surface area (TPSA) is 38.0 Å². The highest BCUT2D eigenvalue weighted by molar-refractivity contribution is 5.22. The van der Waals surface area contributed by atoms with E-state index in [1.54, 1.807) is 0 Å². The molecule has 106 valence electrons. The van der Waals surface area contributed by atoms with Gasteiger partial charge in [-0.3, -0.25) is 11.3 Å². The molecule has 0 saturated carbocycles. The minimum atomic E-state index is -0.577. The van der Waals surface area contributed by atoms with Crippen LogP contribution in [-0.4, -0.2) is 0 Å². The van der Waals surface area contributed by atoms with Crippen molar-refractivity contribution in [1.82, 2.24) is 5.43 Å². The number of hydrogen-bond acceptors (Lipinski definition) is 2. The second-order valence-corrected chi connectivity index (χ2v) is 4.76. The fourth-order valence-corrected chi connectivity index (χ4v) is 2.27. The van der Waals surface area contributed by atoms with Gasteiger partial charge in [-0.2, -0.15) is 0 Å². The van der Waals surface area contributed by atoms with Crippen LogP contribution >= 0.6 is 0 Å². The summed E-state index contributed by atoms with van der Waals surface area (Å²) in [4.78, 5) is 0. The number of nitrogens with two attached hydrogens (primary N) is 1. The number of halogens is 2. The van der Waals surface area contributed by atoms with Gasteiger partial charge >= 0.3 is 0 Å². The molecule has 0 aliphatic heterocycles. The highest BCUT2D eigenvalue weighted by Gasteiger charge is 2.14. The lowest BCUT2D eigenvalue weighted by Crippen LogP contribution is -2.28. The quantitative estimate of drug-likeness (QED) is 0.626. The Kier molecular flexibility index (Phi) is 5.21. The van der Waals surface area contributed by atoms with E-state index in [2.05, 4.69) is 17.6 Å². The largest absolute Gasteiger partial charge is 0.271 e. The molecule has 0 amide bonds. The van der Waals surface area contributed by atoms with Gasteiger partial charge in [0.1, 0.15) is 11.6 Å². The summed E-state index contributed by atoms with van der Waals surface area (Å²) < 4.78 is 26.6. The monoisotopic (exact) mass is 276 g/mol. The molecule has 2 aromatic carbocycles.